The molecule has 0 radical (unpaired) electrons. The first-order valence-electron chi connectivity index (χ1n) is 10.5. The third-order valence-corrected chi connectivity index (χ3v) is 6.01. The van der Waals surface area contributed by atoms with E-state index in [1.165, 1.54) is 29.0 Å². The maximum absolute atomic E-state index is 11.1. The van der Waals surface area contributed by atoms with E-state index in [-0.39, 0.29) is 5.69 Å². The fourth-order valence-electron chi connectivity index (χ4n) is 3.27. The van der Waals surface area contributed by atoms with E-state index in [2.05, 4.69) is 31.0 Å². The van der Waals surface area contributed by atoms with Gasteiger partial charge in [0.05, 0.1) is 22.0 Å². The summed E-state index contributed by atoms with van der Waals surface area (Å²) in [6, 6.07) is 18.4. The number of pyridine rings is 1. The van der Waals surface area contributed by atoms with Gasteiger partial charge < -0.3 is 0 Å². The third-order valence-electron chi connectivity index (χ3n) is 5.19. The zero-order chi connectivity index (χ0) is 23.4. The average Bonchev–Trinajstić information content (AvgIpc) is 3.21. The summed E-state index contributed by atoms with van der Waals surface area (Å²) in [6.07, 6.45) is 3.46. The lowest BCUT2D eigenvalue weighted by molar-refractivity contribution is -0.384. The molecule has 2 aromatic heterocycles. The van der Waals surface area contributed by atoms with Crippen LogP contribution in [0.3, 0.4) is 0 Å². The van der Waals surface area contributed by atoms with Crippen molar-refractivity contribution in [3.8, 4) is 11.3 Å². The second-order valence-electron chi connectivity index (χ2n) is 7.80. The SMILES string of the molecule is CC(=Nn1c(-c2ccc([N+](=O)[O-])cc2)csc1=Nc1ccc(C(C)C)cc1)c1ccncc1. The standard InChI is InChI=1S/C25H23N5O2S/c1-17(2)19-4-8-22(9-5-19)27-25-29(28-18(3)20-12-14-26-15-13-20)24(16-33-25)21-6-10-23(11-7-21)30(31)32/h4-17H,1-3H3. The van der Waals surface area contributed by atoms with Gasteiger partial charge in [-0.3, -0.25) is 15.1 Å². The van der Waals surface area contributed by atoms with Crippen molar-refractivity contribution in [1.82, 2.24) is 9.66 Å². The van der Waals surface area contributed by atoms with E-state index in [4.69, 9.17) is 10.1 Å². The van der Waals surface area contributed by atoms with Gasteiger partial charge in [-0.25, -0.2) is 9.67 Å². The lowest BCUT2D eigenvalue weighted by Gasteiger charge is -2.07. The monoisotopic (exact) mass is 457 g/mol. The van der Waals surface area contributed by atoms with Crippen molar-refractivity contribution in [2.45, 2.75) is 26.7 Å². The molecule has 4 rings (SSSR count). The first kappa shape index (κ1) is 22.3. The Labute approximate surface area is 195 Å². The van der Waals surface area contributed by atoms with Gasteiger partial charge in [-0.2, -0.15) is 5.10 Å². The average molecular weight is 458 g/mol. The van der Waals surface area contributed by atoms with Crippen molar-refractivity contribution in [2.75, 3.05) is 0 Å². The van der Waals surface area contributed by atoms with Gasteiger partial charge in [-0.15, -0.1) is 11.3 Å². The number of benzene rings is 2. The maximum Gasteiger partial charge on any atom is 0.269 e. The van der Waals surface area contributed by atoms with Gasteiger partial charge in [-0.1, -0.05) is 26.0 Å². The zero-order valence-corrected chi connectivity index (χ0v) is 19.4. The van der Waals surface area contributed by atoms with Crippen LogP contribution in [0.2, 0.25) is 0 Å². The van der Waals surface area contributed by atoms with Crippen molar-refractivity contribution >= 4 is 28.4 Å². The van der Waals surface area contributed by atoms with E-state index < -0.39 is 4.92 Å². The summed E-state index contributed by atoms with van der Waals surface area (Å²) in [5.74, 6) is 0.451. The van der Waals surface area contributed by atoms with Crippen LogP contribution in [0.25, 0.3) is 11.3 Å². The lowest BCUT2D eigenvalue weighted by atomic mass is 10.0. The van der Waals surface area contributed by atoms with Crippen LogP contribution in [0.1, 0.15) is 37.8 Å². The molecule has 0 N–H and O–H groups in total. The number of aromatic nitrogens is 2. The number of thiazole rings is 1. The predicted molar refractivity (Wildman–Crippen MR) is 132 cm³/mol. The molecule has 0 saturated heterocycles. The molecule has 0 aliphatic rings. The molecule has 166 valence electrons. The molecule has 0 saturated carbocycles. The molecule has 0 bridgehead atoms. The fourth-order valence-corrected chi connectivity index (χ4v) is 4.12. The molecule has 0 unspecified atom stereocenters. The fraction of sp³-hybridized carbons (Fsp3) is 0.160. The van der Waals surface area contributed by atoms with Crippen molar-refractivity contribution in [1.29, 1.82) is 0 Å². The number of nitro groups is 1. The van der Waals surface area contributed by atoms with Gasteiger partial charge in [0.1, 0.15) is 0 Å². The summed E-state index contributed by atoms with van der Waals surface area (Å²) in [5.41, 5.74) is 5.52. The Morgan fingerprint density at radius 3 is 2.30 bits per heavy atom. The molecular formula is C25H23N5O2S. The number of non-ortho nitro benzene ring substituents is 1. The molecule has 33 heavy (non-hydrogen) atoms. The topological polar surface area (TPSA) is 85.7 Å². The second-order valence-corrected chi connectivity index (χ2v) is 8.64. The number of nitrogens with zero attached hydrogens (tertiary/aromatic N) is 5. The van der Waals surface area contributed by atoms with E-state index in [0.717, 1.165) is 28.2 Å². The predicted octanol–water partition coefficient (Wildman–Crippen LogP) is 6.15. The van der Waals surface area contributed by atoms with E-state index in [1.54, 1.807) is 29.2 Å². The molecule has 4 aromatic rings. The number of nitro benzene ring substituents is 1. The molecule has 7 nitrogen and oxygen atoms in total. The first-order chi connectivity index (χ1) is 15.9. The smallest absolute Gasteiger partial charge is 0.265 e. The Morgan fingerprint density at radius 1 is 1.03 bits per heavy atom. The number of hydrogen-bond donors (Lipinski definition) is 0. The molecule has 8 heteroatoms. The molecule has 0 amide bonds. The van der Waals surface area contributed by atoms with E-state index in [9.17, 15) is 10.1 Å². The van der Waals surface area contributed by atoms with Crippen molar-refractivity contribution < 1.29 is 4.92 Å². The number of hydrogen-bond acceptors (Lipinski definition) is 6. The Morgan fingerprint density at radius 2 is 1.70 bits per heavy atom. The van der Waals surface area contributed by atoms with Gasteiger partial charge in [0, 0.05) is 41.0 Å². The van der Waals surface area contributed by atoms with E-state index >= 15 is 0 Å². The Hall–Kier alpha value is -3.91. The largest absolute Gasteiger partial charge is 0.269 e. The Balaban J connectivity index is 1.84. The molecule has 0 fully saturated rings. The Bertz CT molecular complexity index is 1350. The van der Waals surface area contributed by atoms with Crippen LogP contribution in [-0.2, 0) is 0 Å². The maximum atomic E-state index is 11.1. The Kier molecular flexibility index (Phi) is 6.55. The summed E-state index contributed by atoms with van der Waals surface area (Å²) in [6.45, 7) is 6.25. The van der Waals surface area contributed by atoms with Crippen LogP contribution in [0.5, 0.6) is 0 Å². The van der Waals surface area contributed by atoms with Crippen LogP contribution in [-0.4, -0.2) is 20.3 Å². The molecule has 0 atom stereocenters. The second kappa shape index (κ2) is 9.70. The van der Waals surface area contributed by atoms with Crippen molar-refractivity contribution in [3.63, 3.8) is 0 Å². The highest BCUT2D eigenvalue weighted by atomic mass is 32.1. The minimum absolute atomic E-state index is 0.0483. The molecule has 2 heterocycles. The van der Waals surface area contributed by atoms with Crippen molar-refractivity contribution in [3.05, 3.63) is 104 Å². The summed E-state index contributed by atoms with van der Waals surface area (Å²) in [4.78, 5) is 20.3. The van der Waals surface area contributed by atoms with Gasteiger partial charge in [0.25, 0.3) is 5.69 Å². The quantitative estimate of drug-likeness (QED) is 0.198. The summed E-state index contributed by atoms with van der Waals surface area (Å²) in [7, 11) is 0. The van der Waals surface area contributed by atoms with Crippen LogP contribution in [0.15, 0.2) is 88.5 Å². The highest BCUT2D eigenvalue weighted by Gasteiger charge is 2.12. The lowest BCUT2D eigenvalue weighted by Crippen LogP contribution is -2.13. The van der Waals surface area contributed by atoms with Crippen LogP contribution in [0.4, 0.5) is 11.4 Å². The highest BCUT2D eigenvalue weighted by Crippen LogP contribution is 2.24. The third kappa shape index (κ3) is 5.12. The molecule has 0 aliphatic heterocycles. The van der Waals surface area contributed by atoms with Gasteiger partial charge >= 0.3 is 0 Å². The van der Waals surface area contributed by atoms with Gasteiger partial charge in [0.2, 0.25) is 4.80 Å². The summed E-state index contributed by atoms with van der Waals surface area (Å²) < 4.78 is 1.79. The highest BCUT2D eigenvalue weighted by molar-refractivity contribution is 7.07. The minimum Gasteiger partial charge on any atom is -0.265 e. The molecule has 2 aromatic carbocycles. The van der Waals surface area contributed by atoms with Gasteiger partial charge in [-0.05, 0) is 54.8 Å². The normalized spacial score (nSPS) is 12.4. The zero-order valence-electron chi connectivity index (χ0n) is 18.5. The first-order valence-corrected chi connectivity index (χ1v) is 11.4. The van der Waals surface area contributed by atoms with Gasteiger partial charge in [0.15, 0.2) is 0 Å². The number of rotatable bonds is 6. The van der Waals surface area contributed by atoms with E-state index in [1.807, 2.05) is 36.6 Å². The van der Waals surface area contributed by atoms with Crippen molar-refractivity contribution in [2.24, 2.45) is 10.1 Å². The van der Waals surface area contributed by atoms with Crippen LogP contribution >= 0.6 is 11.3 Å². The molecule has 0 aliphatic carbocycles. The molecule has 0 spiro atoms. The van der Waals surface area contributed by atoms with Crippen LogP contribution in [0, 0.1) is 10.1 Å². The summed E-state index contributed by atoms with van der Waals surface area (Å²) in [5, 5.41) is 17.9. The summed E-state index contributed by atoms with van der Waals surface area (Å²) >= 11 is 1.47. The van der Waals surface area contributed by atoms with Crippen LogP contribution < -0.4 is 4.80 Å². The molecular weight excluding hydrogens is 434 g/mol. The minimum atomic E-state index is -0.404. The van der Waals surface area contributed by atoms with E-state index in [0.29, 0.717) is 10.7 Å².